The molecule has 1 aliphatic rings. The van der Waals surface area contributed by atoms with Gasteiger partial charge in [0.15, 0.2) is 5.13 Å². The lowest BCUT2D eigenvalue weighted by Gasteiger charge is -2.39. The predicted molar refractivity (Wildman–Crippen MR) is 158 cm³/mol. The number of nitrogens with one attached hydrogen (secondary N) is 1. The van der Waals surface area contributed by atoms with Gasteiger partial charge in [0, 0.05) is 54.1 Å². The number of anilines is 1. The number of nitrogens with zero attached hydrogens (tertiary/aromatic N) is 4. The largest absolute Gasteiger partial charge is 0.342 e. The van der Waals surface area contributed by atoms with Crippen LogP contribution in [-0.4, -0.2) is 70.0 Å². The van der Waals surface area contributed by atoms with Gasteiger partial charge in [-0.2, -0.15) is 0 Å². The highest BCUT2D eigenvalue weighted by molar-refractivity contribution is 7.14. The number of Topliss-reactive ketones (excluding diaryl/α,β-unsaturated/α-hetero) is 1. The molecule has 10 heteroatoms. The average Bonchev–Trinajstić information content (AvgIpc) is 3.39. The first-order valence-corrected chi connectivity index (χ1v) is 14.0. The van der Waals surface area contributed by atoms with Gasteiger partial charge < -0.3 is 15.1 Å². The zero-order valence-electron chi connectivity index (χ0n) is 23.2. The van der Waals surface area contributed by atoms with Crippen LogP contribution in [0.15, 0.2) is 66.0 Å². The number of thiazole rings is 1. The van der Waals surface area contributed by atoms with Crippen molar-refractivity contribution < 1.29 is 19.2 Å². The molecule has 0 saturated carbocycles. The van der Waals surface area contributed by atoms with Crippen molar-refractivity contribution in [2.45, 2.75) is 26.3 Å². The van der Waals surface area contributed by atoms with E-state index in [9.17, 15) is 19.2 Å². The van der Waals surface area contributed by atoms with Gasteiger partial charge in [-0.3, -0.25) is 24.2 Å². The summed E-state index contributed by atoms with van der Waals surface area (Å²) < 4.78 is 0. The molecular weight excluding hydrogens is 538 g/mol. The topological polar surface area (TPSA) is 113 Å². The van der Waals surface area contributed by atoms with E-state index in [0.717, 1.165) is 33.8 Å². The lowest BCUT2D eigenvalue weighted by Crippen LogP contribution is -2.56. The molecule has 0 radical (unpaired) electrons. The Morgan fingerprint density at radius 2 is 1.56 bits per heavy atom. The van der Waals surface area contributed by atoms with E-state index >= 15 is 0 Å². The van der Waals surface area contributed by atoms with Crippen LogP contribution in [0.4, 0.5) is 5.13 Å². The summed E-state index contributed by atoms with van der Waals surface area (Å²) in [6, 6.07) is 17.5. The summed E-state index contributed by atoms with van der Waals surface area (Å²) in [6.45, 7) is 4.36. The summed E-state index contributed by atoms with van der Waals surface area (Å²) in [5, 5.41) is 5.18. The Morgan fingerprint density at radius 3 is 2.24 bits per heavy atom. The monoisotopic (exact) mass is 567 g/mol. The van der Waals surface area contributed by atoms with Crippen LogP contribution in [0.5, 0.6) is 0 Å². The highest BCUT2D eigenvalue weighted by Crippen LogP contribution is 2.30. The minimum atomic E-state index is -0.696. The first-order valence-electron chi connectivity index (χ1n) is 13.1. The van der Waals surface area contributed by atoms with E-state index in [1.165, 1.54) is 47.4 Å². The number of aromatic nitrogens is 2. The number of carbonyl (C=O) groups excluding carboxylic acids is 4. The van der Waals surface area contributed by atoms with Crippen LogP contribution < -0.4 is 5.32 Å². The molecule has 0 aliphatic carbocycles. The molecule has 41 heavy (non-hydrogen) atoms. The van der Waals surface area contributed by atoms with Gasteiger partial charge in [-0.05, 0) is 61.7 Å². The van der Waals surface area contributed by atoms with Crippen LogP contribution >= 0.6 is 11.3 Å². The third-order valence-electron chi connectivity index (χ3n) is 6.86. The summed E-state index contributed by atoms with van der Waals surface area (Å²) in [4.78, 5) is 62.5. The number of likely N-dealkylation sites (N-methyl/N-ethyl adjacent to an activating group) is 1. The lowest BCUT2D eigenvalue weighted by molar-refractivity contribution is -0.124. The van der Waals surface area contributed by atoms with Crippen LogP contribution in [0.1, 0.15) is 38.5 Å². The predicted octanol–water partition coefficient (Wildman–Crippen LogP) is 4.61. The molecule has 5 rings (SSSR count). The van der Waals surface area contributed by atoms with Crippen molar-refractivity contribution in [1.82, 2.24) is 19.8 Å². The molecule has 0 spiro atoms. The Morgan fingerprint density at radius 1 is 0.878 bits per heavy atom. The number of rotatable bonds is 7. The van der Waals surface area contributed by atoms with Crippen molar-refractivity contribution >= 4 is 40.0 Å². The van der Waals surface area contributed by atoms with Crippen LogP contribution in [0.25, 0.3) is 22.4 Å². The maximum absolute atomic E-state index is 13.2. The highest BCUT2D eigenvalue weighted by Gasteiger charge is 2.38. The second-order valence-electron chi connectivity index (χ2n) is 10.2. The molecule has 1 saturated heterocycles. The molecule has 9 nitrogen and oxygen atoms in total. The van der Waals surface area contributed by atoms with E-state index < -0.39 is 17.7 Å². The molecule has 0 bridgehead atoms. The Bertz CT molecular complexity index is 1660. The number of hydrogen-bond acceptors (Lipinski definition) is 7. The van der Waals surface area contributed by atoms with E-state index in [2.05, 4.69) is 21.4 Å². The van der Waals surface area contributed by atoms with Gasteiger partial charge in [0.25, 0.3) is 11.8 Å². The minimum Gasteiger partial charge on any atom is -0.342 e. The van der Waals surface area contributed by atoms with E-state index in [4.69, 9.17) is 0 Å². The molecule has 1 fully saturated rings. The van der Waals surface area contributed by atoms with Crippen molar-refractivity contribution in [3.63, 3.8) is 0 Å². The number of amides is 3. The van der Waals surface area contributed by atoms with E-state index in [1.54, 1.807) is 12.1 Å². The van der Waals surface area contributed by atoms with Gasteiger partial charge >= 0.3 is 0 Å². The fourth-order valence-electron chi connectivity index (χ4n) is 4.70. The Hall–Kier alpha value is -4.70. The van der Waals surface area contributed by atoms with E-state index in [0.29, 0.717) is 18.1 Å². The Kier molecular flexibility index (Phi) is 7.76. The quantitative estimate of drug-likeness (QED) is 0.258. The SMILES string of the molecule is Cc1cc(-c2cccc(-c3csc(NC(=O)[C@@H]4CCN4C(=O)c4cccc(C(=O)C(=O)N(C)C)c4)n3)c2)cc(C)n1. The molecule has 2 aromatic carbocycles. The van der Waals surface area contributed by atoms with Crippen LogP contribution in [-0.2, 0) is 9.59 Å². The molecule has 1 atom stereocenters. The molecule has 1 aliphatic heterocycles. The smallest absolute Gasteiger partial charge is 0.294 e. The number of benzene rings is 2. The molecule has 1 N–H and O–H groups in total. The van der Waals surface area contributed by atoms with Crippen LogP contribution in [0.3, 0.4) is 0 Å². The third-order valence-corrected chi connectivity index (χ3v) is 7.62. The molecule has 2 aromatic heterocycles. The second-order valence-corrected chi connectivity index (χ2v) is 11.0. The second kappa shape index (κ2) is 11.4. The van der Waals surface area contributed by atoms with Crippen molar-refractivity contribution in [1.29, 1.82) is 0 Å². The van der Waals surface area contributed by atoms with Crippen molar-refractivity contribution in [2.75, 3.05) is 26.0 Å². The van der Waals surface area contributed by atoms with Gasteiger partial charge in [0.2, 0.25) is 11.7 Å². The number of ketones is 1. The van der Waals surface area contributed by atoms with Gasteiger partial charge in [-0.25, -0.2) is 4.98 Å². The van der Waals surface area contributed by atoms with Gasteiger partial charge in [0.1, 0.15) is 6.04 Å². The summed E-state index contributed by atoms with van der Waals surface area (Å²) in [7, 11) is 2.98. The summed E-state index contributed by atoms with van der Waals surface area (Å²) in [6.07, 6.45) is 0.514. The zero-order chi connectivity index (χ0) is 29.3. The molecule has 0 unspecified atom stereocenters. The fourth-order valence-corrected chi connectivity index (χ4v) is 5.42. The normalized spacial score (nSPS) is 14.2. The van der Waals surface area contributed by atoms with E-state index in [-0.39, 0.29) is 22.9 Å². The Balaban J connectivity index is 1.26. The first kappa shape index (κ1) is 27.9. The molecular formula is C31H29N5O4S. The van der Waals surface area contributed by atoms with Gasteiger partial charge in [0.05, 0.1) is 5.69 Å². The van der Waals surface area contributed by atoms with Gasteiger partial charge in [-0.15, -0.1) is 11.3 Å². The number of pyridine rings is 1. The maximum Gasteiger partial charge on any atom is 0.294 e. The first-order chi connectivity index (χ1) is 19.6. The van der Waals surface area contributed by atoms with E-state index in [1.807, 2.05) is 49.6 Å². The zero-order valence-corrected chi connectivity index (χ0v) is 24.0. The number of likely N-dealkylation sites (tertiary alicyclic amines) is 1. The minimum absolute atomic E-state index is 0.129. The summed E-state index contributed by atoms with van der Waals surface area (Å²) in [5.74, 6) is -2.06. The van der Waals surface area contributed by atoms with Gasteiger partial charge in [-0.1, -0.05) is 30.3 Å². The summed E-state index contributed by atoms with van der Waals surface area (Å²) >= 11 is 1.32. The number of aryl methyl sites for hydroxylation is 2. The number of hydrogen-bond donors (Lipinski definition) is 1. The average molecular weight is 568 g/mol. The summed E-state index contributed by atoms with van der Waals surface area (Å²) in [5.41, 5.74) is 6.07. The number of carbonyl (C=O) groups is 4. The maximum atomic E-state index is 13.2. The van der Waals surface area contributed by atoms with Crippen LogP contribution in [0.2, 0.25) is 0 Å². The van der Waals surface area contributed by atoms with Crippen molar-refractivity contribution in [3.8, 4) is 22.4 Å². The molecule has 3 heterocycles. The Labute approximate surface area is 241 Å². The van der Waals surface area contributed by atoms with Crippen molar-refractivity contribution in [2.24, 2.45) is 0 Å². The molecule has 4 aromatic rings. The third kappa shape index (κ3) is 5.92. The molecule has 208 valence electrons. The lowest BCUT2D eigenvalue weighted by atomic mass is 9.99. The standard InChI is InChI=1S/C31H29N5O4S/c1-18-13-24(14-19(2)32-18)20-7-5-8-21(15-20)25-17-41-31(33-25)34-28(38)26-11-12-36(26)29(39)23-10-6-9-22(16-23)27(37)30(40)35(3)4/h5-10,13-17,26H,11-12H2,1-4H3,(H,33,34,38)/t26-/m0/s1. The fraction of sp³-hybridized carbons (Fsp3) is 0.226. The van der Waals surface area contributed by atoms with Crippen LogP contribution in [0, 0.1) is 13.8 Å². The van der Waals surface area contributed by atoms with Crippen molar-refractivity contribution in [3.05, 3.63) is 88.6 Å². The molecule has 3 amide bonds. The highest BCUT2D eigenvalue weighted by atomic mass is 32.1.